The average Bonchev–Trinajstić information content (AvgIpc) is 3.41. The van der Waals surface area contributed by atoms with Gasteiger partial charge in [-0.15, -0.1) is 11.3 Å². The Morgan fingerprint density at radius 2 is 2.16 bits per heavy atom. The molecule has 2 N–H and O–H groups in total. The predicted molar refractivity (Wildman–Crippen MR) is 99.2 cm³/mol. The number of thiazole rings is 1. The standard InChI is InChI=1S/C19H22N4OS/c1-2-6-18-15(4-1)21-19(25-18)16-5-3-11-23(16)12-13-7-8-17(24-13)14-9-10-20-22-14/h1-2,4,6-8,14,16,20,22H,3,5,9-12H2. The van der Waals surface area contributed by atoms with Gasteiger partial charge in [0.2, 0.25) is 0 Å². The molecule has 5 rings (SSSR count). The van der Waals surface area contributed by atoms with Gasteiger partial charge >= 0.3 is 0 Å². The summed E-state index contributed by atoms with van der Waals surface area (Å²) in [4.78, 5) is 7.40. The van der Waals surface area contributed by atoms with Gasteiger partial charge < -0.3 is 4.42 Å². The molecule has 2 saturated heterocycles. The van der Waals surface area contributed by atoms with Gasteiger partial charge in [0.05, 0.1) is 28.8 Å². The van der Waals surface area contributed by atoms with Crippen LogP contribution in [0.2, 0.25) is 0 Å². The number of benzene rings is 1. The summed E-state index contributed by atoms with van der Waals surface area (Å²) in [5, 5.41) is 1.24. The van der Waals surface area contributed by atoms with Crippen LogP contribution in [-0.2, 0) is 6.54 Å². The number of likely N-dealkylation sites (tertiary alicyclic amines) is 1. The molecule has 0 spiro atoms. The quantitative estimate of drug-likeness (QED) is 0.747. The molecule has 2 unspecified atom stereocenters. The summed E-state index contributed by atoms with van der Waals surface area (Å²) < 4.78 is 7.39. The monoisotopic (exact) mass is 354 g/mol. The maximum atomic E-state index is 6.11. The number of rotatable bonds is 4. The van der Waals surface area contributed by atoms with Gasteiger partial charge in [-0.2, -0.15) is 0 Å². The lowest BCUT2D eigenvalue weighted by Gasteiger charge is -2.21. The van der Waals surface area contributed by atoms with Crippen molar-refractivity contribution in [1.82, 2.24) is 20.7 Å². The SMILES string of the molecule is c1ccc2sc(C3CCCN3Cc3ccc(C4CCNN4)o3)nc2c1. The second kappa shape index (κ2) is 6.53. The molecule has 0 aliphatic carbocycles. The van der Waals surface area contributed by atoms with Crippen molar-refractivity contribution in [3.63, 3.8) is 0 Å². The molecular formula is C19H22N4OS. The number of furan rings is 1. The van der Waals surface area contributed by atoms with Crippen LogP contribution >= 0.6 is 11.3 Å². The summed E-state index contributed by atoms with van der Waals surface area (Å²) >= 11 is 1.83. The van der Waals surface area contributed by atoms with E-state index < -0.39 is 0 Å². The highest BCUT2D eigenvalue weighted by Crippen LogP contribution is 2.37. The summed E-state index contributed by atoms with van der Waals surface area (Å²) in [5.41, 5.74) is 7.55. The minimum atomic E-state index is 0.299. The van der Waals surface area contributed by atoms with Crippen molar-refractivity contribution in [3.05, 3.63) is 52.9 Å². The topological polar surface area (TPSA) is 53.3 Å². The molecule has 0 bridgehead atoms. The molecular weight excluding hydrogens is 332 g/mol. The molecule has 2 aliphatic heterocycles. The van der Waals surface area contributed by atoms with Crippen LogP contribution in [0.15, 0.2) is 40.8 Å². The van der Waals surface area contributed by atoms with Gasteiger partial charge in [0.25, 0.3) is 0 Å². The van der Waals surface area contributed by atoms with Gasteiger partial charge in [-0.25, -0.2) is 10.4 Å². The first kappa shape index (κ1) is 15.5. The van der Waals surface area contributed by atoms with Crippen molar-refractivity contribution in [2.75, 3.05) is 13.1 Å². The van der Waals surface area contributed by atoms with E-state index in [0.29, 0.717) is 12.1 Å². The highest BCUT2D eigenvalue weighted by molar-refractivity contribution is 7.18. The predicted octanol–water partition coefficient (Wildman–Crippen LogP) is 3.77. The fourth-order valence-corrected chi connectivity index (χ4v) is 5.03. The lowest BCUT2D eigenvalue weighted by molar-refractivity contribution is 0.224. The van der Waals surface area contributed by atoms with Crippen molar-refractivity contribution in [2.24, 2.45) is 0 Å². The molecule has 130 valence electrons. The number of hydrazine groups is 1. The minimum absolute atomic E-state index is 0.299. The van der Waals surface area contributed by atoms with Gasteiger partial charge in [0, 0.05) is 6.54 Å². The Morgan fingerprint density at radius 1 is 1.20 bits per heavy atom. The van der Waals surface area contributed by atoms with E-state index in [1.54, 1.807) is 0 Å². The summed E-state index contributed by atoms with van der Waals surface area (Å²) in [6, 6.07) is 13.4. The van der Waals surface area contributed by atoms with Crippen molar-refractivity contribution >= 4 is 21.6 Å². The van der Waals surface area contributed by atoms with E-state index in [0.717, 1.165) is 43.1 Å². The highest BCUT2D eigenvalue weighted by atomic mass is 32.1. The normalized spacial score (nSPS) is 24.5. The van der Waals surface area contributed by atoms with Crippen molar-refractivity contribution in [1.29, 1.82) is 0 Å². The molecule has 4 heterocycles. The van der Waals surface area contributed by atoms with E-state index in [4.69, 9.17) is 9.40 Å². The lowest BCUT2D eigenvalue weighted by atomic mass is 10.2. The Morgan fingerprint density at radius 3 is 3.04 bits per heavy atom. The van der Waals surface area contributed by atoms with Crippen molar-refractivity contribution in [3.8, 4) is 0 Å². The zero-order valence-corrected chi connectivity index (χ0v) is 14.9. The zero-order chi connectivity index (χ0) is 16.6. The molecule has 0 saturated carbocycles. The van der Waals surface area contributed by atoms with E-state index in [-0.39, 0.29) is 0 Å². The smallest absolute Gasteiger partial charge is 0.122 e. The Kier molecular flexibility index (Phi) is 4.06. The molecule has 1 aromatic carbocycles. The highest BCUT2D eigenvalue weighted by Gasteiger charge is 2.29. The molecule has 5 nitrogen and oxygen atoms in total. The van der Waals surface area contributed by atoms with Gasteiger partial charge in [0.15, 0.2) is 0 Å². The summed E-state index contributed by atoms with van der Waals surface area (Å²) in [5.74, 6) is 2.09. The first-order chi connectivity index (χ1) is 12.4. The first-order valence-corrected chi connectivity index (χ1v) is 9.85. The second-order valence-corrected chi connectivity index (χ2v) is 7.93. The molecule has 3 aromatic rings. The third kappa shape index (κ3) is 3.00. The van der Waals surface area contributed by atoms with Crippen LogP contribution in [-0.4, -0.2) is 23.0 Å². The van der Waals surface area contributed by atoms with Crippen molar-refractivity contribution < 1.29 is 4.42 Å². The number of para-hydroxylation sites is 1. The molecule has 6 heteroatoms. The number of fused-ring (bicyclic) bond motifs is 1. The number of hydrogen-bond acceptors (Lipinski definition) is 6. The third-order valence-corrected chi connectivity index (χ3v) is 6.32. The van der Waals surface area contributed by atoms with Crippen LogP contribution in [0.1, 0.15) is 47.9 Å². The summed E-state index contributed by atoms with van der Waals surface area (Å²) in [6.07, 6.45) is 3.48. The van der Waals surface area contributed by atoms with Crippen LogP contribution in [0.5, 0.6) is 0 Å². The number of nitrogens with one attached hydrogen (secondary N) is 2. The van der Waals surface area contributed by atoms with E-state index in [9.17, 15) is 0 Å². The van der Waals surface area contributed by atoms with Crippen LogP contribution < -0.4 is 10.9 Å². The van der Waals surface area contributed by atoms with E-state index in [2.05, 4.69) is 52.1 Å². The number of aromatic nitrogens is 1. The fraction of sp³-hybridized carbons (Fsp3) is 0.421. The minimum Gasteiger partial charge on any atom is -0.463 e. The van der Waals surface area contributed by atoms with Gasteiger partial charge in [-0.1, -0.05) is 12.1 Å². The first-order valence-electron chi connectivity index (χ1n) is 9.03. The Labute approximate surface area is 151 Å². The van der Waals surface area contributed by atoms with Crippen LogP contribution in [0.3, 0.4) is 0 Å². The van der Waals surface area contributed by atoms with Crippen LogP contribution in [0, 0.1) is 0 Å². The molecule has 0 amide bonds. The molecule has 2 atom stereocenters. The zero-order valence-electron chi connectivity index (χ0n) is 14.1. The van der Waals surface area contributed by atoms with E-state index in [1.807, 2.05) is 11.3 Å². The molecule has 2 aliphatic rings. The van der Waals surface area contributed by atoms with Crippen molar-refractivity contribution in [2.45, 2.75) is 37.9 Å². The molecule has 2 aromatic heterocycles. The van der Waals surface area contributed by atoms with Gasteiger partial charge in [-0.05, 0) is 50.1 Å². The summed E-state index contributed by atoms with van der Waals surface area (Å²) in [7, 11) is 0. The van der Waals surface area contributed by atoms with Gasteiger partial charge in [0.1, 0.15) is 16.5 Å². The van der Waals surface area contributed by atoms with Gasteiger partial charge in [-0.3, -0.25) is 10.3 Å². The Hall–Kier alpha value is -1.73. The molecule has 25 heavy (non-hydrogen) atoms. The molecule has 0 radical (unpaired) electrons. The lowest BCUT2D eigenvalue weighted by Crippen LogP contribution is -2.24. The fourth-order valence-electron chi connectivity index (χ4n) is 3.89. The van der Waals surface area contributed by atoms with E-state index in [1.165, 1.54) is 22.5 Å². The summed E-state index contributed by atoms with van der Waals surface area (Å²) in [6.45, 7) is 2.97. The second-order valence-electron chi connectivity index (χ2n) is 6.86. The third-order valence-electron chi connectivity index (χ3n) is 5.18. The maximum absolute atomic E-state index is 6.11. The molecule has 2 fully saturated rings. The largest absolute Gasteiger partial charge is 0.463 e. The number of nitrogens with zero attached hydrogens (tertiary/aromatic N) is 2. The Balaban J connectivity index is 1.34. The number of hydrogen-bond donors (Lipinski definition) is 2. The van der Waals surface area contributed by atoms with Crippen LogP contribution in [0.25, 0.3) is 10.2 Å². The van der Waals surface area contributed by atoms with E-state index >= 15 is 0 Å². The Bertz CT molecular complexity index is 834. The van der Waals surface area contributed by atoms with Crippen LogP contribution in [0.4, 0.5) is 0 Å². The maximum Gasteiger partial charge on any atom is 0.122 e. The average molecular weight is 354 g/mol.